The second-order valence-electron chi connectivity index (χ2n) is 7.29. The molecule has 1 heterocycles. The van der Waals surface area contributed by atoms with E-state index in [1.165, 1.54) is 12.1 Å². The van der Waals surface area contributed by atoms with Crippen LogP contribution in [0, 0.1) is 5.92 Å². The Bertz CT molecular complexity index is 886. The highest BCUT2D eigenvalue weighted by molar-refractivity contribution is 7.90. The molecule has 0 bridgehead atoms. The number of rotatable bonds is 5. The molecule has 0 saturated carbocycles. The van der Waals surface area contributed by atoms with Crippen LogP contribution in [0.4, 0.5) is 0 Å². The Morgan fingerprint density at radius 3 is 2.36 bits per heavy atom. The molecule has 1 amide bonds. The van der Waals surface area contributed by atoms with E-state index in [1.807, 2.05) is 23.1 Å². The van der Waals surface area contributed by atoms with Crippen molar-refractivity contribution in [1.29, 1.82) is 0 Å². The van der Waals surface area contributed by atoms with Crippen molar-refractivity contribution in [3.8, 4) is 0 Å². The molecule has 1 aliphatic rings. The number of hydrogen-bond acceptors (Lipinski definition) is 4. The van der Waals surface area contributed by atoms with Crippen LogP contribution in [0.2, 0.25) is 0 Å². The van der Waals surface area contributed by atoms with E-state index in [0.717, 1.165) is 18.4 Å². The van der Waals surface area contributed by atoms with Crippen LogP contribution in [-0.4, -0.2) is 38.4 Å². The van der Waals surface area contributed by atoms with Gasteiger partial charge in [-0.25, -0.2) is 8.42 Å². The fourth-order valence-electron chi connectivity index (χ4n) is 3.59. The molecule has 1 aliphatic heterocycles. The average molecular weight is 423 g/mol. The third kappa shape index (κ3) is 5.13. The first-order valence-electron chi connectivity index (χ1n) is 9.28. The molecule has 0 radical (unpaired) electrons. The molecule has 2 atom stereocenters. The topological polar surface area (TPSA) is 80.5 Å². The zero-order valence-corrected chi connectivity index (χ0v) is 17.6. The number of carbonyl (C=O) groups is 1. The summed E-state index contributed by atoms with van der Waals surface area (Å²) >= 11 is 0. The minimum absolute atomic E-state index is 0. The highest BCUT2D eigenvalue weighted by Gasteiger charge is 2.29. The Morgan fingerprint density at radius 1 is 1.11 bits per heavy atom. The van der Waals surface area contributed by atoms with Gasteiger partial charge in [0.2, 0.25) is 0 Å². The van der Waals surface area contributed by atoms with Gasteiger partial charge in [0, 0.05) is 24.7 Å². The van der Waals surface area contributed by atoms with E-state index >= 15 is 0 Å². The maximum absolute atomic E-state index is 12.8. The van der Waals surface area contributed by atoms with E-state index in [-0.39, 0.29) is 35.0 Å². The lowest BCUT2D eigenvalue weighted by atomic mass is 9.92. The Balaban J connectivity index is 0.00000280. The van der Waals surface area contributed by atoms with E-state index in [4.69, 9.17) is 5.73 Å². The Morgan fingerprint density at radius 2 is 1.75 bits per heavy atom. The average Bonchev–Trinajstić information content (AvgIpc) is 2.68. The molecule has 0 aliphatic carbocycles. The van der Waals surface area contributed by atoms with Crippen molar-refractivity contribution in [3.63, 3.8) is 0 Å². The van der Waals surface area contributed by atoms with Crippen LogP contribution in [0.1, 0.15) is 35.7 Å². The normalized spacial score (nSPS) is 19.7. The van der Waals surface area contributed by atoms with Crippen molar-refractivity contribution < 1.29 is 13.2 Å². The number of amides is 1. The quantitative estimate of drug-likeness (QED) is 0.801. The summed E-state index contributed by atoms with van der Waals surface area (Å²) in [4.78, 5) is 14.9. The number of sulfone groups is 1. The minimum Gasteiger partial charge on any atom is -0.334 e. The molecule has 2 aromatic carbocycles. The second-order valence-corrected chi connectivity index (χ2v) is 9.28. The molecule has 0 aromatic heterocycles. The monoisotopic (exact) mass is 422 g/mol. The fraction of sp³-hybridized carbons (Fsp3) is 0.381. The van der Waals surface area contributed by atoms with Crippen LogP contribution in [0.3, 0.4) is 0 Å². The molecule has 7 heteroatoms. The van der Waals surface area contributed by atoms with E-state index in [9.17, 15) is 13.2 Å². The van der Waals surface area contributed by atoms with Gasteiger partial charge >= 0.3 is 0 Å². The van der Waals surface area contributed by atoms with Gasteiger partial charge in [-0.15, -0.1) is 12.4 Å². The fourth-order valence-corrected chi connectivity index (χ4v) is 4.94. The Kier molecular flexibility index (Phi) is 7.63. The molecule has 2 N–H and O–H groups in total. The number of benzene rings is 2. The molecule has 1 fully saturated rings. The zero-order valence-electron chi connectivity index (χ0n) is 16.0. The van der Waals surface area contributed by atoms with Gasteiger partial charge in [-0.1, -0.05) is 37.3 Å². The lowest BCUT2D eigenvalue weighted by molar-refractivity contribution is 0.0573. The Hall–Kier alpha value is -1.89. The molecule has 2 unspecified atom stereocenters. The van der Waals surface area contributed by atoms with E-state index < -0.39 is 9.84 Å². The van der Waals surface area contributed by atoms with Crippen LogP contribution >= 0.6 is 12.4 Å². The second kappa shape index (κ2) is 9.54. The van der Waals surface area contributed by atoms with E-state index in [0.29, 0.717) is 24.6 Å². The van der Waals surface area contributed by atoms with Gasteiger partial charge in [-0.3, -0.25) is 4.79 Å². The van der Waals surface area contributed by atoms with Gasteiger partial charge in [-0.2, -0.15) is 0 Å². The standard InChI is InChI=1S/C21H26N2O3S.ClH/c1-16-11-12-23(19(13-16)14-22)21(24)18-7-9-20(10-8-18)27(25,26)15-17-5-3-2-4-6-17;/h2-10,16,19H,11-15,22H2,1H3;1H. The van der Waals surface area contributed by atoms with Crippen molar-refractivity contribution in [1.82, 2.24) is 4.90 Å². The summed E-state index contributed by atoms with van der Waals surface area (Å²) in [5.74, 6) is 0.429. The van der Waals surface area contributed by atoms with Gasteiger partial charge in [-0.05, 0) is 48.6 Å². The molecule has 28 heavy (non-hydrogen) atoms. The van der Waals surface area contributed by atoms with Crippen molar-refractivity contribution in [3.05, 3.63) is 65.7 Å². The van der Waals surface area contributed by atoms with Gasteiger partial charge < -0.3 is 10.6 Å². The molecule has 5 nitrogen and oxygen atoms in total. The third-order valence-electron chi connectivity index (χ3n) is 5.17. The van der Waals surface area contributed by atoms with Gasteiger partial charge in [0.25, 0.3) is 5.91 Å². The maximum Gasteiger partial charge on any atom is 0.254 e. The Labute approximate surface area is 173 Å². The van der Waals surface area contributed by atoms with Gasteiger partial charge in [0.1, 0.15) is 0 Å². The van der Waals surface area contributed by atoms with Crippen LogP contribution in [-0.2, 0) is 15.6 Å². The number of halogens is 1. The zero-order chi connectivity index (χ0) is 19.4. The maximum atomic E-state index is 12.8. The smallest absolute Gasteiger partial charge is 0.254 e. The number of hydrogen-bond donors (Lipinski definition) is 1. The first-order valence-corrected chi connectivity index (χ1v) is 10.9. The lowest BCUT2D eigenvalue weighted by Gasteiger charge is -2.38. The van der Waals surface area contributed by atoms with Crippen molar-refractivity contribution in [2.24, 2.45) is 11.7 Å². The number of piperidine rings is 1. The van der Waals surface area contributed by atoms with Crippen molar-refractivity contribution in [2.75, 3.05) is 13.1 Å². The van der Waals surface area contributed by atoms with E-state index in [1.54, 1.807) is 24.3 Å². The first kappa shape index (κ1) is 22.4. The summed E-state index contributed by atoms with van der Waals surface area (Å²) in [6.07, 6.45) is 1.87. The third-order valence-corrected chi connectivity index (χ3v) is 6.87. The molecule has 2 aromatic rings. The number of carbonyl (C=O) groups excluding carboxylic acids is 1. The van der Waals surface area contributed by atoms with Crippen LogP contribution < -0.4 is 5.73 Å². The summed E-state index contributed by atoms with van der Waals surface area (Å²) in [7, 11) is -3.45. The highest BCUT2D eigenvalue weighted by Crippen LogP contribution is 2.24. The summed E-state index contributed by atoms with van der Waals surface area (Å²) < 4.78 is 25.2. The van der Waals surface area contributed by atoms with E-state index in [2.05, 4.69) is 6.92 Å². The van der Waals surface area contributed by atoms with Crippen LogP contribution in [0.25, 0.3) is 0 Å². The van der Waals surface area contributed by atoms with Gasteiger partial charge in [0.15, 0.2) is 9.84 Å². The molecule has 1 saturated heterocycles. The minimum atomic E-state index is -3.45. The largest absolute Gasteiger partial charge is 0.334 e. The SMILES string of the molecule is CC1CCN(C(=O)c2ccc(S(=O)(=O)Cc3ccccc3)cc2)C(CN)C1.Cl. The number of nitrogens with zero attached hydrogens (tertiary/aromatic N) is 1. The lowest BCUT2D eigenvalue weighted by Crippen LogP contribution is -2.49. The predicted molar refractivity (Wildman–Crippen MR) is 113 cm³/mol. The molecule has 152 valence electrons. The summed E-state index contributed by atoms with van der Waals surface area (Å²) in [6, 6.07) is 15.4. The van der Waals surface area contributed by atoms with Crippen molar-refractivity contribution >= 4 is 28.2 Å². The molecular formula is C21H27ClN2O3S. The molecule has 0 spiro atoms. The number of nitrogens with two attached hydrogens (primary N) is 1. The van der Waals surface area contributed by atoms with Gasteiger partial charge in [0.05, 0.1) is 10.6 Å². The summed E-state index contributed by atoms with van der Waals surface area (Å²) in [6.45, 7) is 3.31. The first-order chi connectivity index (χ1) is 12.9. The van der Waals surface area contributed by atoms with Crippen molar-refractivity contribution in [2.45, 2.75) is 36.5 Å². The summed E-state index contributed by atoms with van der Waals surface area (Å²) in [5, 5.41) is 0. The van der Waals surface area contributed by atoms with Crippen LogP contribution in [0.5, 0.6) is 0 Å². The predicted octanol–water partition coefficient (Wildman–Crippen LogP) is 3.28. The highest BCUT2D eigenvalue weighted by atomic mass is 35.5. The van der Waals surface area contributed by atoms with Crippen LogP contribution in [0.15, 0.2) is 59.5 Å². The molecule has 3 rings (SSSR count). The number of likely N-dealkylation sites (tertiary alicyclic amines) is 1. The molecular weight excluding hydrogens is 396 g/mol. The summed E-state index contributed by atoms with van der Waals surface area (Å²) in [5.41, 5.74) is 7.10.